The number of aromatic nitrogens is 2. The van der Waals surface area contributed by atoms with Gasteiger partial charge >= 0.3 is 0 Å². The van der Waals surface area contributed by atoms with Gasteiger partial charge in [-0.2, -0.15) is 0 Å². The number of amides is 2. The van der Waals surface area contributed by atoms with Crippen molar-refractivity contribution in [1.29, 1.82) is 0 Å². The van der Waals surface area contributed by atoms with Crippen LogP contribution in [0.5, 0.6) is 0 Å². The van der Waals surface area contributed by atoms with Crippen molar-refractivity contribution >= 4 is 68.6 Å². The molecule has 0 fully saturated rings. The van der Waals surface area contributed by atoms with E-state index in [1.807, 2.05) is 24.4 Å². The molecule has 1 N–H and O–H groups in total. The first-order chi connectivity index (χ1) is 15.8. The molecule has 1 aliphatic rings. The van der Waals surface area contributed by atoms with E-state index in [-0.39, 0.29) is 23.8 Å². The lowest BCUT2D eigenvalue weighted by molar-refractivity contribution is -0.384. The highest BCUT2D eigenvalue weighted by molar-refractivity contribution is 7.22. The van der Waals surface area contributed by atoms with E-state index in [1.165, 1.54) is 40.9 Å². The molecule has 0 saturated carbocycles. The summed E-state index contributed by atoms with van der Waals surface area (Å²) < 4.78 is 0. The van der Waals surface area contributed by atoms with Crippen molar-refractivity contribution in [3.05, 3.63) is 69.2 Å². The van der Waals surface area contributed by atoms with Gasteiger partial charge in [0.05, 0.1) is 15.2 Å². The third-order valence-electron chi connectivity index (χ3n) is 5.27. The van der Waals surface area contributed by atoms with Gasteiger partial charge in [0.2, 0.25) is 0 Å². The predicted molar refractivity (Wildman–Crippen MR) is 134 cm³/mol. The molecule has 0 atom stereocenters. The molecule has 4 heterocycles. The maximum Gasteiger partial charge on any atom is 0.274 e. The van der Waals surface area contributed by atoms with Crippen LogP contribution >= 0.6 is 35.1 Å². The van der Waals surface area contributed by atoms with E-state index in [4.69, 9.17) is 9.97 Å². The summed E-state index contributed by atoms with van der Waals surface area (Å²) in [5, 5.41) is 16.0. The summed E-state index contributed by atoms with van der Waals surface area (Å²) in [6, 6.07) is 10.2. The number of nitrogens with one attached hydrogen (secondary N) is 1. The number of nitro benzene ring substituents is 1. The highest BCUT2D eigenvalue weighted by atomic mass is 35.5. The first-order valence-electron chi connectivity index (χ1n) is 9.74. The fourth-order valence-corrected chi connectivity index (χ4v) is 5.49. The van der Waals surface area contributed by atoms with Crippen LogP contribution in [-0.4, -0.2) is 33.8 Å². The van der Waals surface area contributed by atoms with Crippen molar-refractivity contribution in [2.45, 2.75) is 6.92 Å². The third kappa shape index (κ3) is 3.94. The second-order valence-electron chi connectivity index (χ2n) is 7.30. The summed E-state index contributed by atoms with van der Waals surface area (Å²) in [6.07, 6.45) is 1.25. The SMILES string of the molecule is Cc1c(-c2ccc([N+](=O)[O-])cc2)sc2nc(-c3cccs3)nc(N(C)C3=CC(=O)NC3=O)c12.Cl. The monoisotopic (exact) mass is 513 g/mol. The van der Waals surface area contributed by atoms with Gasteiger partial charge in [0.15, 0.2) is 5.82 Å². The van der Waals surface area contributed by atoms with Crippen molar-refractivity contribution < 1.29 is 14.5 Å². The number of likely N-dealkylation sites (N-methyl/N-ethyl adjacent to an activating group) is 1. The van der Waals surface area contributed by atoms with Gasteiger partial charge in [0, 0.05) is 30.1 Å². The van der Waals surface area contributed by atoms with E-state index in [0.717, 1.165) is 26.3 Å². The minimum Gasteiger partial charge on any atom is -0.324 e. The first kappa shape index (κ1) is 23.5. The van der Waals surface area contributed by atoms with Gasteiger partial charge in [0.1, 0.15) is 16.3 Å². The Morgan fingerprint density at radius 2 is 1.85 bits per heavy atom. The minimum absolute atomic E-state index is 0. The summed E-state index contributed by atoms with van der Waals surface area (Å²) in [5.74, 6) is 0.0530. The maximum absolute atomic E-state index is 12.3. The second-order valence-corrected chi connectivity index (χ2v) is 9.24. The molecular weight excluding hydrogens is 498 g/mol. The van der Waals surface area contributed by atoms with Crippen molar-refractivity contribution in [1.82, 2.24) is 15.3 Å². The Hall–Kier alpha value is -3.67. The van der Waals surface area contributed by atoms with Crippen molar-refractivity contribution in [2.75, 3.05) is 11.9 Å². The average molecular weight is 514 g/mol. The number of aryl methyl sites for hydroxylation is 1. The maximum atomic E-state index is 12.3. The molecule has 4 aromatic rings. The van der Waals surface area contributed by atoms with Gasteiger partial charge in [-0.15, -0.1) is 35.1 Å². The van der Waals surface area contributed by atoms with Gasteiger partial charge < -0.3 is 4.90 Å². The molecule has 0 bridgehead atoms. The zero-order valence-corrected chi connectivity index (χ0v) is 20.2. The van der Waals surface area contributed by atoms with Gasteiger partial charge in [-0.3, -0.25) is 25.0 Å². The number of nitro groups is 1. The fraction of sp³-hybridized carbons (Fsp3) is 0.0909. The van der Waals surface area contributed by atoms with E-state index in [1.54, 1.807) is 24.1 Å². The lowest BCUT2D eigenvalue weighted by atomic mass is 10.1. The zero-order chi connectivity index (χ0) is 23.3. The fourth-order valence-electron chi connectivity index (χ4n) is 3.65. The molecule has 12 heteroatoms. The number of hydrogen-bond acceptors (Lipinski definition) is 9. The van der Waals surface area contributed by atoms with E-state index in [9.17, 15) is 19.7 Å². The van der Waals surface area contributed by atoms with Crippen LogP contribution in [0.2, 0.25) is 0 Å². The van der Waals surface area contributed by atoms with Crippen LogP contribution in [0.1, 0.15) is 5.56 Å². The summed E-state index contributed by atoms with van der Waals surface area (Å²) in [6.45, 7) is 1.93. The van der Waals surface area contributed by atoms with Crippen molar-refractivity contribution in [3.8, 4) is 21.1 Å². The smallest absolute Gasteiger partial charge is 0.274 e. The summed E-state index contributed by atoms with van der Waals surface area (Å²) in [4.78, 5) is 48.3. The number of imide groups is 1. The molecule has 0 unspecified atom stereocenters. The molecular formula is C22H16ClN5O4S2. The molecule has 172 valence electrons. The number of carbonyl (C=O) groups is 2. The number of benzene rings is 1. The summed E-state index contributed by atoms with van der Waals surface area (Å²) in [7, 11) is 1.69. The van der Waals surface area contributed by atoms with Gasteiger partial charge in [-0.1, -0.05) is 6.07 Å². The lowest BCUT2D eigenvalue weighted by Crippen LogP contribution is -2.29. The Balaban J connectivity index is 0.00000274. The number of rotatable bonds is 5. The van der Waals surface area contributed by atoms with Crippen LogP contribution in [0.25, 0.3) is 31.4 Å². The number of hydrogen-bond donors (Lipinski definition) is 1. The van der Waals surface area contributed by atoms with Crippen molar-refractivity contribution in [2.24, 2.45) is 0 Å². The largest absolute Gasteiger partial charge is 0.324 e. The molecule has 2 amide bonds. The Bertz CT molecular complexity index is 1480. The topological polar surface area (TPSA) is 118 Å². The van der Waals surface area contributed by atoms with Crippen LogP contribution in [0.15, 0.2) is 53.6 Å². The highest BCUT2D eigenvalue weighted by Crippen LogP contribution is 2.43. The van der Waals surface area contributed by atoms with E-state index >= 15 is 0 Å². The molecule has 0 saturated heterocycles. The quantitative estimate of drug-likeness (QED) is 0.233. The number of non-ortho nitro benzene ring substituents is 1. The molecule has 0 radical (unpaired) electrons. The van der Waals surface area contributed by atoms with E-state index in [2.05, 4.69) is 5.32 Å². The molecule has 0 aliphatic carbocycles. The molecule has 0 spiro atoms. The molecule has 9 nitrogen and oxygen atoms in total. The van der Waals surface area contributed by atoms with Gasteiger partial charge in [0.25, 0.3) is 17.5 Å². The van der Waals surface area contributed by atoms with Crippen LogP contribution in [0, 0.1) is 17.0 Å². The number of anilines is 1. The summed E-state index contributed by atoms with van der Waals surface area (Å²) >= 11 is 2.95. The minimum atomic E-state index is -0.490. The third-order valence-corrected chi connectivity index (χ3v) is 7.37. The van der Waals surface area contributed by atoms with Crippen LogP contribution in [0.4, 0.5) is 11.5 Å². The highest BCUT2D eigenvalue weighted by Gasteiger charge is 2.28. The van der Waals surface area contributed by atoms with Gasteiger partial charge in [-0.05, 0) is 41.6 Å². The van der Waals surface area contributed by atoms with E-state index < -0.39 is 16.7 Å². The normalized spacial score (nSPS) is 12.9. The molecule has 34 heavy (non-hydrogen) atoms. The number of nitrogens with zero attached hydrogens (tertiary/aromatic N) is 4. The Morgan fingerprint density at radius 1 is 1.12 bits per heavy atom. The molecule has 3 aromatic heterocycles. The zero-order valence-electron chi connectivity index (χ0n) is 17.8. The first-order valence-corrected chi connectivity index (χ1v) is 11.4. The Labute approximate surface area is 207 Å². The predicted octanol–water partition coefficient (Wildman–Crippen LogP) is 4.70. The number of halogens is 1. The second kappa shape index (κ2) is 8.93. The number of thiophene rings is 2. The average Bonchev–Trinajstić information content (AvgIpc) is 3.52. The Morgan fingerprint density at radius 3 is 2.44 bits per heavy atom. The summed E-state index contributed by atoms with van der Waals surface area (Å²) in [5.41, 5.74) is 1.91. The van der Waals surface area contributed by atoms with Crippen LogP contribution in [-0.2, 0) is 9.59 Å². The Kier molecular flexibility index (Phi) is 6.17. The van der Waals surface area contributed by atoms with Crippen LogP contribution in [0.3, 0.4) is 0 Å². The standard InChI is InChI=1S/C22H15N5O4S2.ClH/c1-11-17-20(26(2)14-10-16(28)23-21(14)29)24-19(15-4-3-9-32-15)25-22(17)33-18(11)12-5-7-13(8-6-12)27(30)31;/h3-10H,1-2H3,(H,23,28,29);1H. The molecule has 1 aliphatic heterocycles. The number of carbonyl (C=O) groups excluding carboxylic acids is 2. The molecule has 5 rings (SSSR count). The lowest BCUT2D eigenvalue weighted by Gasteiger charge is -2.19. The molecule has 1 aromatic carbocycles. The number of fused-ring (bicyclic) bond motifs is 1. The van der Waals surface area contributed by atoms with Crippen molar-refractivity contribution in [3.63, 3.8) is 0 Å². The van der Waals surface area contributed by atoms with Crippen LogP contribution < -0.4 is 10.2 Å². The van der Waals surface area contributed by atoms with Gasteiger partial charge in [-0.25, -0.2) is 9.97 Å². The van der Waals surface area contributed by atoms with E-state index in [0.29, 0.717) is 16.5 Å².